The van der Waals surface area contributed by atoms with E-state index < -0.39 is 0 Å². The van der Waals surface area contributed by atoms with Gasteiger partial charge >= 0.3 is 0 Å². The third-order valence-electron chi connectivity index (χ3n) is 1.97. The summed E-state index contributed by atoms with van der Waals surface area (Å²) in [6.07, 6.45) is 8.50. The van der Waals surface area contributed by atoms with Gasteiger partial charge in [0.15, 0.2) is 6.29 Å². The third kappa shape index (κ3) is 1.52. The molecule has 11 heavy (non-hydrogen) atoms. The van der Waals surface area contributed by atoms with Crippen molar-refractivity contribution in [3.05, 3.63) is 23.8 Å². The largest absolute Gasteiger partial charge is 0.346 e. The van der Waals surface area contributed by atoms with Crippen molar-refractivity contribution in [3.8, 4) is 0 Å². The van der Waals surface area contributed by atoms with E-state index in [9.17, 15) is 0 Å². The number of ether oxygens (including phenoxy) is 2. The Balaban J connectivity index is 2.02. The fourth-order valence-corrected chi connectivity index (χ4v) is 1.39. The Kier molecular flexibility index (Phi) is 2.06. The molecule has 1 heterocycles. The standard InChI is InChI=1S/C9H12O2/c1-2-4-8(5-3-1)9-10-6-7-11-9/h1-2,4,9H,3,5-7H2. The molecule has 0 aromatic rings. The van der Waals surface area contributed by atoms with Crippen LogP contribution in [0.25, 0.3) is 0 Å². The van der Waals surface area contributed by atoms with Crippen molar-refractivity contribution >= 4 is 0 Å². The van der Waals surface area contributed by atoms with E-state index in [4.69, 9.17) is 9.47 Å². The molecule has 1 aliphatic heterocycles. The average Bonchev–Trinajstić information content (AvgIpc) is 2.58. The molecule has 1 aliphatic carbocycles. The van der Waals surface area contributed by atoms with E-state index >= 15 is 0 Å². The van der Waals surface area contributed by atoms with E-state index in [0.717, 1.165) is 26.1 Å². The van der Waals surface area contributed by atoms with Crippen LogP contribution in [0.5, 0.6) is 0 Å². The van der Waals surface area contributed by atoms with Crippen LogP contribution in [-0.2, 0) is 9.47 Å². The number of hydrogen-bond acceptors (Lipinski definition) is 2. The molecule has 1 fully saturated rings. The van der Waals surface area contributed by atoms with E-state index in [1.54, 1.807) is 0 Å². The predicted octanol–water partition coefficient (Wildman–Crippen LogP) is 1.64. The zero-order chi connectivity index (χ0) is 7.52. The topological polar surface area (TPSA) is 18.5 Å². The van der Waals surface area contributed by atoms with Crippen molar-refractivity contribution in [1.29, 1.82) is 0 Å². The van der Waals surface area contributed by atoms with Crippen LogP contribution in [0.2, 0.25) is 0 Å². The van der Waals surface area contributed by atoms with E-state index in [1.165, 1.54) is 5.57 Å². The van der Waals surface area contributed by atoms with Gasteiger partial charge in [-0.25, -0.2) is 0 Å². The van der Waals surface area contributed by atoms with Gasteiger partial charge in [0.05, 0.1) is 13.2 Å². The van der Waals surface area contributed by atoms with Gasteiger partial charge in [-0.3, -0.25) is 0 Å². The van der Waals surface area contributed by atoms with Gasteiger partial charge in [0.2, 0.25) is 0 Å². The Bertz CT molecular complexity index is 188. The van der Waals surface area contributed by atoms with Crippen molar-refractivity contribution in [2.24, 2.45) is 0 Å². The molecular weight excluding hydrogens is 140 g/mol. The highest BCUT2D eigenvalue weighted by Gasteiger charge is 2.20. The molecule has 0 bridgehead atoms. The summed E-state index contributed by atoms with van der Waals surface area (Å²) in [5.41, 5.74) is 1.28. The van der Waals surface area contributed by atoms with Crippen LogP contribution in [0.4, 0.5) is 0 Å². The maximum absolute atomic E-state index is 5.37. The van der Waals surface area contributed by atoms with E-state index in [2.05, 4.69) is 18.2 Å². The van der Waals surface area contributed by atoms with Crippen LogP contribution in [0.15, 0.2) is 23.8 Å². The first-order chi connectivity index (χ1) is 5.47. The highest BCUT2D eigenvalue weighted by Crippen LogP contribution is 2.21. The lowest BCUT2D eigenvalue weighted by Gasteiger charge is -2.14. The lowest BCUT2D eigenvalue weighted by atomic mass is 10.1. The minimum Gasteiger partial charge on any atom is -0.346 e. The van der Waals surface area contributed by atoms with Crippen LogP contribution in [0, 0.1) is 0 Å². The first-order valence-corrected chi connectivity index (χ1v) is 4.05. The molecule has 0 amide bonds. The molecule has 0 aromatic heterocycles. The van der Waals surface area contributed by atoms with Gasteiger partial charge in [0.25, 0.3) is 0 Å². The fourth-order valence-electron chi connectivity index (χ4n) is 1.39. The Morgan fingerprint density at radius 1 is 1.27 bits per heavy atom. The summed E-state index contributed by atoms with van der Waals surface area (Å²) in [6.45, 7) is 1.48. The normalized spacial score (nSPS) is 25.6. The smallest absolute Gasteiger partial charge is 0.180 e. The molecule has 0 N–H and O–H groups in total. The van der Waals surface area contributed by atoms with Crippen molar-refractivity contribution in [1.82, 2.24) is 0 Å². The van der Waals surface area contributed by atoms with Gasteiger partial charge in [0, 0.05) is 0 Å². The number of hydrogen-bond donors (Lipinski definition) is 0. The summed E-state index contributed by atoms with van der Waals surface area (Å²) < 4.78 is 10.7. The third-order valence-corrected chi connectivity index (χ3v) is 1.97. The summed E-state index contributed by atoms with van der Waals surface area (Å²) in [4.78, 5) is 0. The van der Waals surface area contributed by atoms with Gasteiger partial charge in [-0.15, -0.1) is 0 Å². The second-order valence-electron chi connectivity index (χ2n) is 2.78. The molecule has 0 aromatic carbocycles. The van der Waals surface area contributed by atoms with Gasteiger partial charge in [0.1, 0.15) is 0 Å². The lowest BCUT2D eigenvalue weighted by Crippen LogP contribution is -2.11. The van der Waals surface area contributed by atoms with Crippen molar-refractivity contribution < 1.29 is 9.47 Å². The van der Waals surface area contributed by atoms with E-state index in [-0.39, 0.29) is 6.29 Å². The van der Waals surface area contributed by atoms with Crippen LogP contribution in [0.1, 0.15) is 12.8 Å². The molecule has 2 aliphatic rings. The van der Waals surface area contributed by atoms with Crippen LogP contribution in [-0.4, -0.2) is 19.5 Å². The molecule has 2 rings (SSSR count). The summed E-state index contributed by atoms with van der Waals surface area (Å²) in [7, 11) is 0. The van der Waals surface area contributed by atoms with Gasteiger partial charge in [-0.05, 0) is 18.4 Å². The zero-order valence-corrected chi connectivity index (χ0v) is 6.45. The minimum atomic E-state index is -0.0417. The quantitative estimate of drug-likeness (QED) is 0.568. The lowest BCUT2D eigenvalue weighted by molar-refractivity contribution is -0.0134. The van der Waals surface area contributed by atoms with E-state index in [1.807, 2.05) is 0 Å². The molecule has 0 radical (unpaired) electrons. The minimum absolute atomic E-state index is 0.0417. The Labute approximate surface area is 66.5 Å². The second-order valence-corrected chi connectivity index (χ2v) is 2.78. The van der Waals surface area contributed by atoms with E-state index in [0.29, 0.717) is 0 Å². The monoisotopic (exact) mass is 152 g/mol. The van der Waals surface area contributed by atoms with Crippen LogP contribution >= 0.6 is 0 Å². The molecule has 1 saturated heterocycles. The average molecular weight is 152 g/mol. The molecule has 0 spiro atoms. The van der Waals surface area contributed by atoms with Crippen molar-refractivity contribution in [2.75, 3.05) is 13.2 Å². The maximum atomic E-state index is 5.37. The van der Waals surface area contributed by atoms with Gasteiger partial charge in [-0.1, -0.05) is 18.2 Å². The first-order valence-electron chi connectivity index (χ1n) is 4.05. The Morgan fingerprint density at radius 2 is 2.09 bits per heavy atom. The molecule has 0 saturated carbocycles. The summed E-state index contributed by atoms with van der Waals surface area (Å²) in [6, 6.07) is 0. The molecular formula is C9H12O2. The van der Waals surface area contributed by atoms with Gasteiger partial charge in [-0.2, -0.15) is 0 Å². The molecule has 2 nitrogen and oxygen atoms in total. The second kappa shape index (κ2) is 3.20. The first kappa shape index (κ1) is 7.07. The number of allylic oxidation sites excluding steroid dienone is 3. The summed E-state index contributed by atoms with van der Waals surface area (Å²) in [5, 5.41) is 0. The molecule has 60 valence electrons. The summed E-state index contributed by atoms with van der Waals surface area (Å²) >= 11 is 0. The highest BCUT2D eigenvalue weighted by molar-refractivity contribution is 5.19. The maximum Gasteiger partial charge on any atom is 0.180 e. The molecule has 2 heteroatoms. The fraction of sp³-hybridized carbons (Fsp3) is 0.556. The molecule has 0 atom stereocenters. The SMILES string of the molecule is C1=CCCC(C2OCCO2)=C1. The van der Waals surface area contributed by atoms with Crippen molar-refractivity contribution in [2.45, 2.75) is 19.1 Å². The zero-order valence-electron chi connectivity index (χ0n) is 6.45. The highest BCUT2D eigenvalue weighted by atomic mass is 16.7. The van der Waals surface area contributed by atoms with Crippen molar-refractivity contribution in [3.63, 3.8) is 0 Å². The Hall–Kier alpha value is -0.600. The van der Waals surface area contributed by atoms with Crippen LogP contribution in [0.3, 0.4) is 0 Å². The van der Waals surface area contributed by atoms with Crippen LogP contribution < -0.4 is 0 Å². The number of rotatable bonds is 1. The summed E-state index contributed by atoms with van der Waals surface area (Å²) in [5.74, 6) is 0. The molecule has 0 unspecified atom stereocenters. The van der Waals surface area contributed by atoms with Gasteiger partial charge < -0.3 is 9.47 Å². The Morgan fingerprint density at radius 3 is 2.73 bits per heavy atom. The predicted molar refractivity (Wildman–Crippen MR) is 42.1 cm³/mol.